The van der Waals surface area contributed by atoms with Crippen molar-refractivity contribution < 1.29 is 14.6 Å². The molecule has 0 saturated heterocycles. The van der Waals surface area contributed by atoms with E-state index in [0.29, 0.717) is 24.7 Å². The minimum absolute atomic E-state index is 0.00101. The van der Waals surface area contributed by atoms with Gasteiger partial charge in [-0.25, -0.2) is 0 Å². The number of aliphatic hydroxyl groups excluding tert-OH is 1. The molecule has 0 bridgehead atoms. The zero-order chi connectivity index (χ0) is 15.6. The van der Waals surface area contributed by atoms with Crippen LogP contribution in [0.3, 0.4) is 0 Å². The van der Waals surface area contributed by atoms with Gasteiger partial charge in [0, 0.05) is 13.1 Å². The Hall–Kier alpha value is -2.04. The number of hydrogen-bond donors (Lipinski definition) is 2. The molecule has 0 saturated carbocycles. The summed E-state index contributed by atoms with van der Waals surface area (Å²) in [6.45, 7) is 4.63. The van der Waals surface area contributed by atoms with Gasteiger partial charge < -0.3 is 19.9 Å². The molecule has 2 aromatic rings. The standard InChI is InChI=1S/C18H23NO3/c1-2-21-18-12-16(14-20)8-9-17(18)22-11-10-19-13-15-6-4-3-5-7-15/h3-9,12,19-20H,2,10-11,13-14H2,1H3. The van der Waals surface area contributed by atoms with Crippen LogP contribution in [0.2, 0.25) is 0 Å². The van der Waals surface area contributed by atoms with Crippen LogP contribution in [0, 0.1) is 0 Å². The van der Waals surface area contributed by atoms with E-state index in [1.165, 1.54) is 5.56 Å². The van der Waals surface area contributed by atoms with E-state index in [9.17, 15) is 0 Å². The Balaban J connectivity index is 1.78. The molecule has 2 N–H and O–H groups in total. The molecule has 0 atom stereocenters. The summed E-state index contributed by atoms with van der Waals surface area (Å²) in [6.07, 6.45) is 0. The van der Waals surface area contributed by atoms with E-state index in [0.717, 1.165) is 18.7 Å². The number of benzene rings is 2. The van der Waals surface area contributed by atoms with Crippen LogP contribution in [-0.4, -0.2) is 24.9 Å². The fourth-order valence-electron chi connectivity index (χ4n) is 2.10. The van der Waals surface area contributed by atoms with Crippen molar-refractivity contribution in [3.63, 3.8) is 0 Å². The highest BCUT2D eigenvalue weighted by Crippen LogP contribution is 2.28. The molecule has 0 amide bonds. The number of rotatable bonds is 9. The fourth-order valence-corrected chi connectivity index (χ4v) is 2.10. The molecule has 0 aliphatic rings. The molecule has 0 radical (unpaired) electrons. The van der Waals surface area contributed by atoms with Gasteiger partial charge in [-0.3, -0.25) is 0 Å². The van der Waals surface area contributed by atoms with Crippen molar-refractivity contribution in [1.29, 1.82) is 0 Å². The lowest BCUT2D eigenvalue weighted by atomic mass is 10.2. The summed E-state index contributed by atoms with van der Waals surface area (Å²) < 4.78 is 11.3. The Kier molecular flexibility index (Phi) is 6.74. The van der Waals surface area contributed by atoms with Gasteiger partial charge in [-0.2, -0.15) is 0 Å². The third-order valence-corrected chi connectivity index (χ3v) is 3.20. The second-order valence-corrected chi connectivity index (χ2v) is 4.88. The van der Waals surface area contributed by atoms with E-state index in [-0.39, 0.29) is 6.61 Å². The second-order valence-electron chi connectivity index (χ2n) is 4.88. The summed E-state index contributed by atoms with van der Waals surface area (Å²) >= 11 is 0. The molecule has 0 unspecified atom stereocenters. The summed E-state index contributed by atoms with van der Waals surface area (Å²) in [4.78, 5) is 0. The quantitative estimate of drug-likeness (QED) is 0.699. The summed E-state index contributed by atoms with van der Waals surface area (Å²) in [5.41, 5.74) is 2.07. The first kappa shape index (κ1) is 16.3. The molecule has 0 spiro atoms. The van der Waals surface area contributed by atoms with Crippen molar-refractivity contribution in [1.82, 2.24) is 5.32 Å². The zero-order valence-corrected chi connectivity index (χ0v) is 12.9. The van der Waals surface area contributed by atoms with Gasteiger partial charge in [-0.15, -0.1) is 0 Å². The molecule has 2 aromatic carbocycles. The Morgan fingerprint density at radius 3 is 2.50 bits per heavy atom. The minimum Gasteiger partial charge on any atom is -0.490 e. The Morgan fingerprint density at radius 1 is 0.955 bits per heavy atom. The topological polar surface area (TPSA) is 50.7 Å². The highest BCUT2D eigenvalue weighted by Gasteiger charge is 2.06. The third-order valence-electron chi connectivity index (χ3n) is 3.20. The van der Waals surface area contributed by atoms with Crippen molar-refractivity contribution in [3.8, 4) is 11.5 Å². The predicted octanol–water partition coefficient (Wildman–Crippen LogP) is 2.75. The van der Waals surface area contributed by atoms with E-state index in [1.54, 1.807) is 0 Å². The van der Waals surface area contributed by atoms with Crippen LogP contribution >= 0.6 is 0 Å². The smallest absolute Gasteiger partial charge is 0.161 e. The lowest BCUT2D eigenvalue weighted by Gasteiger charge is -2.13. The first-order valence-corrected chi connectivity index (χ1v) is 7.57. The van der Waals surface area contributed by atoms with Gasteiger partial charge in [0.1, 0.15) is 6.61 Å². The first-order chi connectivity index (χ1) is 10.8. The fraction of sp³-hybridized carbons (Fsp3) is 0.333. The van der Waals surface area contributed by atoms with E-state index in [1.807, 2.05) is 43.3 Å². The molecular formula is C18H23NO3. The van der Waals surface area contributed by atoms with Crippen LogP contribution in [-0.2, 0) is 13.2 Å². The van der Waals surface area contributed by atoms with Crippen molar-refractivity contribution in [2.45, 2.75) is 20.1 Å². The number of ether oxygens (including phenoxy) is 2. The molecule has 4 heteroatoms. The van der Waals surface area contributed by atoms with Gasteiger partial charge in [0.15, 0.2) is 11.5 Å². The lowest BCUT2D eigenvalue weighted by Crippen LogP contribution is -2.20. The highest BCUT2D eigenvalue weighted by molar-refractivity contribution is 5.42. The number of nitrogens with one attached hydrogen (secondary N) is 1. The van der Waals surface area contributed by atoms with E-state index in [2.05, 4.69) is 17.4 Å². The number of aliphatic hydroxyl groups is 1. The maximum absolute atomic E-state index is 9.17. The van der Waals surface area contributed by atoms with Crippen LogP contribution in [0.4, 0.5) is 0 Å². The summed E-state index contributed by atoms with van der Waals surface area (Å²) in [5, 5.41) is 12.5. The average molecular weight is 301 g/mol. The van der Waals surface area contributed by atoms with Crippen LogP contribution in [0.1, 0.15) is 18.1 Å². The van der Waals surface area contributed by atoms with Crippen molar-refractivity contribution >= 4 is 0 Å². The average Bonchev–Trinajstić information content (AvgIpc) is 2.57. The Bertz CT molecular complexity index is 558. The van der Waals surface area contributed by atoms with Crippen molar-refractivity contribution in [2.24, 2.45) is 0 Å². The highest BCUT2D eigenvalue weighted by atomic mass is 16.5. The lowest BCUT2D eigenvalue weighted by molar-refractivity contribution is 0.268. The summed E-state index contributed by atoms with van der Waals surface area (Å²) in [5.74, 6) is 1.39. The van der Waals surface area contributed by atoms with Gasteiger partial charge in [0.2, 0.25) is 0 Å². The van der Waals surface area contributed by atoms with Crippen molar-refractivity contribution in [3.05, 3.63) is 59.7 Å². The Morgan fingerprint density at radius 2 is 1.77 bits per heavy atom. The first-order valence-electron chi connectivity index (χ1n) is 7.57. The Labute approximate surface area is 131 Å². The summed E-state index contributed by atoms with van der Waals surface area (Å²) in [6, 6.07) is 15.8. The molecular weight excluding hydrogens is 278 g/mol. The van der Waals surface area contributed by atoms with E-state index >= 15 is 0 Å². The maximum atomic E-state index is 9.17. The maximum Gasteiger partial charge on any atom is 0.161 e. The molecule has 0 aliphatic carbocycles. The predicted molar refractivity (Wildman–Crippen MR) is 87.2 cm³/mol. The zero-order valence-electron chi connectivity index (χ0n) is 12.9. The van der Waals surface area contributed by atoms with Crippen LogP contribution in [0.25, 0.3) is 0 Å². The van der Waals surface area contributed by atoms with Gasteiger partial charge in [0.05, 0.1) is 13.2 Å². The third kappa shape index (κ3) is 5.06. The molecule has 0 aromatic heterocycles. The molecule has 0 fully saturated rings. The van der Waals surface area contributed by atoms with Gasteiger partial charge in [-0.1, -0.05) is 36.4 Å². The van der Waals surface area contributed by atoms with Gasteiger partial charge >= 0.3 is 0 Å². The van der Waals surface area contributed by atoms with Crippen LogP contribution in [0.15, 0.2) is 48.5 Å². The molecule has 0 aliphatic heterocycles. The normalized spacial score (nSPS) is 10.5. The molecule has 2 rings (SSSR count). The van der Waals surface area contributed by atoms with Crippen LogP contribution < -0.4 is 14.8 Å². The summed E-state index contributed by atoms with van der Waals surface area (Å²) in [7, 11) is 0. The van der Waals surface area contributed by atoms with Gasteiger partial charge in [-0.05, 0) is 30.2 Å². The molecule has 0 heterocycles. The van der Waals surface area contributed by atoms with E-state index in [4.69, 9.17) is 14.6 Å². The largest absolute Gasteiger partial charge is 0.490 e. The second kappa shape index (κ2) is 9.07. The van der Waals surface area contributed by atoms with Crippen LogP contribution in [0.5, 0.6) is 11.5 Å². The minimum atomic E-state index is -0.00101. The molecule has 118 valence electrons. The monoisotopic (exact) mass is 301 g/mol. The SMILES string of the molecule is CCOc1cc(CO)ccc1OCCNCc1ccccc1. The van der Waals surface area contributed by atoms with Gasteiger partial charge in [0.25, 0.3) is 0 Å². The molecule has 22 heavy (non-hydrogen) atoms. The molecule has 4 nitrogen and oxygen atoms in total. The van der Waals surface area contributed by atoms with E-state index < -0.39 is 0 Å². The number of hydrogen-bond acceptors (Lipinski definition) is 4. The van der Waals surface area contributed by atoms with Crippen molar-refractivity contribution in [2.75, 3.05) is 19.8 Å².